The molecule has 0 amide bonds. The second kappa shape index (κ2) is 16.0. The molecule has 1 aromatic rings. The standard InChI is InChI=1S/C40H65N3O7/c1-6-7-29(2)8-9-30(3)33-10-11-34-37(33,4)14-13-35-38(5)15-12-32(24-40(38)17-16-39(34,35)28-49-40)50-36(45)27-48-26-31-25-43(42-41-31)18-20-46-22-23-47-21-19-44/h8-9,25,29-30,32-35,44H,6-7,10-24,26-28H2,1-5H3/b9-8+/t29-,30-,32+,33-,34-,35-,37-,38-,39+,40-/m1/s1. The summed E-state index contributed by atoms with van der Waals surface area (Å²) >= 11 is 0. The van der Waals surface area contributed by atoms with Gasteiger partial charge in [0.25, 0.3) is 0 Å². The van der Waals surface area contributed by atoms with E-state index in [1.807, 2.05) is 0 Å². The Kier molecular flexibility index (Phi) is 12.1. The Hall–Kier alpha value is -1.85. The van der Waals surface area contributed by atoms with Crippen LogP contribution in [0.2, 0.25) is 0 Å². The van der Waals surface area contributed by atoms with Gasteiger partial charge in [-0.2, -0.15) is 0 Å². The van der Waals surface area contributed by atoms with Gasteiger partial charge in [-0.05, 0) is 92.8 Å². The minimum atomic E-state index is -0.321. The van der Waals surface area contributed by atoms with Gasteiger partial charge in [0.1, 0.15) is 18.4 Å². The summed E-state index contributed by atoms with van der Waals surface area (Å²) in [6.45, 7) is 15.5. The number of esters is 1. The molecule has 282 valence electrons. The first kappa shape index (κ1) is 37.9. The highest BCUT2D eigenvalue weighted by molar-refractivity contribution is 5.70. The van der Waals surface area contributed by atoms with Gasteiger partial charge in [0.05, 0.1) is 64.6 Å². The topological polar surface area (TPSA) is 114 Å². The molecule has 2 bridgehead atoms. The fraction of sp³-hybridized carbons (Fsp3) is 0.875. The van der Waals surface area contributed by atoms with E-state index in [0.717, 1.165) is 44.1 Å². The molecule has 7 rings (SSSR count). The Balaban J connectivity index is 0.979. The van der Waals surface area contributed by atoms with E-state index < -0.39 is 0 Å². The molecule has 6 fully saturated rings. The number of carbonyl (C=O) groups is 1. The molecule has 10 nitrogen and oxygen atoms in total. The van der Waals surface area contributed by atoms with Crippen molar-refractivity contribution in [2.24, 2.45) is 45.8 Å². The smallest absolute Gasteiger partial charge is 0.332 e. The number of rotatable bonds is 18. The normalized spacial score (nSPS) is 37.3. The lowest BCUT2D eigenvalue weighted by Gasteiger charge is -2.74. The average molecular weight is 700 g/mol. The van der Waals surface area contributed by atoms with Crippen molar-refractivity contribution >= 4 is 5.97 Å². The molecule has 4 aliphatic carbocycles. The molecule has 1 N–H and O–H groups in total. The summed E-state index contributed by atoms with van der Waals surface area (Å²) in [5.41, 5.74) is 1.27. The van der Waals surface area contributed by atoms with Crippen LogP contribution in [0, 0.1) is 45.8 Å². The number of carbonyl (C=O) groups excluding carboxylic acids is 1. The Morgan fingerprint density at radius 3 is 2.60 bits per heavy atom. The molecular formula is C40H65N3O7. The fourth-order valence-corrected chi connectivity index (χ4v) is 11.9. The van der Waals surface area contributed by atoms with E-state index in [1.165, 1.54) is 44.9 Å². The van der Waals surface area contributed by atoms with Crippen LogP contribution in [-0.2, 0) is 41.6 Å². The summed E-state index contributed by atoms with van der Waals surface area (Å²) in [5.74, 6) is 3.16. The van der Waals surface area contributed by atoms with E-state index in [9.17, 15) is 4.79 Å². The van der Waals surface area contributed by atoms with Crippen LogP contribution in [0.5, 0.6) is 0 Å². The zero-order valence-electron chi connectivity index (χ0n) is 31.6. The van der Waals surface area contributed by atoms with E-state index in [-0.39, 0.29) is 42.9 Å². The quantitative estimate of drug-likeness (QED) is 0.104. The highest BCUT2D eigenvalue weighted by atomic mass is 16.6. The molecule has 1 aromatic heterocycles. The number of aromatic nitrogens is 3. The van der Waals surface area contributed by atoms with Crippen molar-refractivity contribution in [3.05, 3.63) is 24.0 Å². The van der Waals surface area contributed by atoms with Crippen LogP contribution in [0.15, 0.2) is 18.3 Å². The van der Waals surface area contributed by atoms with Crippen LogP contribution in [-0.4, -0.2) is 84.0 Å². The average Bonchev–Trinajstić information content (AvgIpc) is 3.71. The van der Waals surface area contributed by atoms with E-state index in [4.69, 9.17) is 28.8 Å². The Morgan fingerprint density at radius 1 is 1.02 bits per heavy atom. The van der Waals surface area contributed by atoms with Gasteiger partial charge in [-0.25, -0.2) is 9.48 Å². The van der Waals surface area contributed by atoms with Gasteiger partial charge in [-0.3, -0.25) is 0 Å². The van der Waals surface area contributed by atoms with Crippen LogP contribution in [0.25, 0.3) is 0 Å². The first-order valence-electron chi connectivity index (χ1n) is 19.8. The second-order valence-electron chi connectivity index (χ2n) is 17.0. The molecule has 0 radical (unpaired) electrons. The summed E-state index contributed by atoms with van der Waals surface area (Å²) in [5, 5.41) is 17.0. The zero-order chi connectivity index (χ0) is 35.4. The van der Waals surface area contributed by atoms with Crippen LogP contribution < -0.4 is 0 Å². The molecule has 2 saturated heterocycles. The number of hydrogen-bond acceptors (Lipinski definition) is 9. The molecule has 6 aliphatic rings. The lowest BCUT2D eigenvalue weighted by atomic mass is 9.36. The Morgan fingerprint density at radius 2 is 1.84 bits per heavy atom. The first-order chi connectivity index (χ1) is 24.1. The molecule has 4 saturated carbocycles. The minimum Gasteiger partial charge on any atom is -0.461 e. The van der Waals surface area contributed by atoms with Gasteiger partial charge in [0.2, 0.25) is 0 Å². The predicted molar refractivity (Wildman–Crippen MR) is 190 cm³/mol. The monoisotopic (exact) mass is 699 g/mol. The molecule has 10 heteroatoms. The van der Waals surface area contributed by atoms with Gasteiger partial charge in [0.15, 0.2) is 0 Å². The summed E-state index contributed by atoms with van der Waals surface area (Å²) in [6.07, 6.45) is 19.7. The number of fused-ring (bicyclic) bond motifs is 3. The molecule has 50 heavy (non-hydrogen) atoms. The van der Waals surface area contributed by atoms with Crippen molar-refractivity contribution in [2.45, 2.75) is 130 Å². The minimum absolute atomic E-state index is 0.00967. The summed E-state index contributed by atoms with van der Waals surface area (Å²) < 4.78 is 31.2. The maximum Gasteiger partial charge on any atom is 0.332 e. The molecule has 10 atom stereocenters. The number of aliphatic hydroxyl groups is 1. The first-order valence-corrected chi connectivity index (χ1v) is 19.8. The van der Waals surface area contributed by atoms with Crippen molar-refractivity contribution in [3.8, 4) is 0 Å². The number of ether oxygens (including phenoxy) is 5. The third-order valence-electron chi connectivity index (χ3n) is 14.3. The van der Waals surface area contributed by atoms with Crippen molar-refractivity contribution in [3.63, 3.8) is 0 Å². The van der Waals surface area contributed by atoms with Crippen LogP contribution >= 0.6 is 0 Å². The summed E-state index contributed by atoms with van der Waals surface area (Å²) in [6, 6.07) is 0. The van der Waals surface area contributed by atoms with Gasteiger partial charge in [0, 0.05) is 17.3 Å². The van der Waals surface area contributed by atoms with Crippen LogP contribution in [0.3, 0.4) is 0 Å². The largest absolute Gasteiger partial charge is 0.461 e. The Labute approximate surface area is 300 Å². The second-order valence-corrected chi connectivity index (χ2v) is 17.0. The zero-order valence-corrected chi connectivity index (χ0v) is 31.6. The van der Waals surface area contributed by atoms with Crippen LogP contribution in [0.4, 0.5) is 0 Å². The highest BCUT2D eigenvalue weighted by Crippen LogP contribution is 2.76. The maximum atomic E-state index is 12.9. The Bertz CT molecular complexity index is 1290. The molecule has 0 unspecified atom stereocenters. The van der Waals surface area contributed by atoms with Crippen molar-refractivity contribution < 1.29 is 33.6 Å². The molecule has 2 spiro atoms. The highest BCUT2D eigenvalue weighted by Gasteiger charge is 2.74. The van der Waals surface area contributed by atoms with Gasteiger partial charge < -0.3 is 28.8 Å². The third kappa shape index (κ3) is 7.35. The van der Waals surface area contributed by atoms with E-state index in [2.05, 4.69) is 57.1 Å². The number of aliphatic hydroxyl groups excluding tert-OH is 1. The van der Waals surface area contributed by atoms with Gasteiger partial charge in [-0.15, -0.1) is 5.10 Å². The lowest BCUT2D eigenvalue weighted by molar-refractivity contribution is -0.340. The van der Waals surface area contributed by atoms with E-state index >= 15 is 0 Å². The molecular weight excluding hydrogens is 634 g/mol. The number of hydrogen-bond donors (Lipinski definition) is 1. The maximum absolute atomic E-state index is 12.9. The van der Waals surface area contributed by atoms with Gasteiger partial charge >= 0.3 is 5.97 Å². The van der Waals surface area contributed by atoms with Crippen LogP contribution in [0.1, 0.15) is 111 Å². The number of allylic oxidation sites excluding steroid dienone is 2. The summed E-state index contributed by atoms with van der Waals surface area (Å²) in [4.78, 5) is 12.9. The van der Waals surface area contributed by atoms with Crippen molar-refractivity contribution in [1.82, 2.24) is 15.0 Å². The predicted octanol–water partition coefficient (Wildman–Crippen LogP) is 6.54. The lowest BCUT2D eigenvalue weighted by Crippen LogP contribution is -2.73. The van der Waals surface area contributed by atoms with E-state index in [0.29, 0.717) is 67.2 Å². The molecule has 2 aliphatic heterocycles. The van der Waals surface area contributed by atoms with E-state index in [1.54, 1.807) is 10.9 Å². The van der Waals surface area contributed by atoms with Crippen molar-refractivity contribution in [1.29, 1.82) is 0 Å². The number of nitrogens with zero attached hydrogens (tertiary/aromatic N) is 3. The SMILES string of the molecule is CCC[C@@H](C)/C=C/[C@@H](C)[C@H]1CC[C@@H]2[C@]1(C)CC[C@H]1[C@]23CC[C@]2(C[C@@H](OC(=O)COCc4cn(CCOCCOCCO)nn4)CC[C@]12C)OC3. The van der Waals surface area contributed by atoms with Gasteiger partial charge in [-0.1, -0.05) is 58.4 Å². The van der Waals surface area contributed by atoms with Crippen molar-refractivity contribution in [2.75, 3.05) is 46.2 Å². The summed E-state index contributed by atoms with van der Waals surface area (Å²) in [7, 11) is 0. The third-order valence-corrected chi connectivity index (χ3v) is 14.3. The molecule has 0 aromatic carbocycles. The fourth-order valence-electron chi connectivity index (χ4n) is 11.9. The molecule has 3 heterocycles.